The zero-order valence-corrected chi connectivity index (χ0v) is 14.3. The molecule has 7 heteroatoms. The molecular weight excluding hydrogens is 306 g/mol. The van der Waals surface area contributed by atoms with E-state index in [1.165, 1.54) is 19.3 Å². The highest BCUT2D eigenvalue weighted by Crippen LogP contribution is 2.18. The molecule has 0 saturated carbocycles. The molecule has 2 saturated heterocycles. The lowest BCUT2D eigenvalue weighted by Crippen LogP contribution is -2.51. The van der Waals surface area contributed by atoms with Gasteiger partial charge in [0.25, 0.3) is 5.91 Å². The topological polar surface area (TPSA) is 63.5 Å². The van der Waals surface area contributed by atoms with Gasteiger partial charge in [-0.2, -0.15) is 0 Å². The number of hydrogen-bond donors (Lipinski definition) is 0. The maximum atomic E-state index is 12.4. The molecule has 1 atom stereocenters. The number of nitrogens with zero attached hydrogens (tertiary/aromatic N) is 5. The van der Waals surface area contributed by atoms with Crippen LogP contribution >= 0.6 is 0 Å². The van der Waals surface area contributed by atoms with Crippen LogP contribution in [-0.4, -0.2) is 69.4 Å². The largest absolute Gasteiger partial charge is 0.368 e. The fraction of sp³-hybridized carbons (Fsp3) is 0.824. The van der Waals surface area contributed by atoms with Crippen molar-refractivity contribution in [1.82, 2.24) is 24.6 Å². The van der Waals surface area contributed by atoms with Crippen molar-refractivity contribution >= 4 is 5.91 Å². The number of aryl methyl sites for hydroxylation is 1. The summed E-state index contributed by atoms with van der Waals surface area (Å²) in [6, 6.07) is 0. The summed E-state index contributed by atoms with van der Waals surface area (Å²) in [4.78, 5) is 16.8. The average molecular weight is 333 g/mol. The Labute approximate surface area is 143 Å². The lowest BCUT2D eigenvalue weighted by molar-refractivity contribution is -0.142. The molecule has 1 amide bonds. The molecule has 0 radical (unpaired) electrons. The number of amides is 1. The fourth-order valence-electron chi connectivity index (χ4n) is 3.96. The second-order valence-corrected chi connectivity index (χ2v) is 7.10. The van der Waals surface area contributed by atoms with Crippen molar-refractivity contribution in [2.45, 2.75) is 57.7 Å². The minimum absolute atomic E-state index is 0.184. The number of aromatic nitrogens is 3. The van der Waals surface area contributed by atoms with Crippen molar-refractivity contribution in [2.24, 2.45) is 0 Å². The molecule has 1 aromatic heterocycles. The van der Waals surface area contributed by atoms with Crippen LogP contribution in [0.15, 0.2) is 0 Å². The molecule has 2 fully saturated rings. The minimum Gasteiger partial charge on any atom is -0.368 e. The summed E-state index contributed by atoms with van der Waals surface area (Å²) in [5.74, 6) is 2.42. The molecule has 3 aliphatic heterocycles. The van der Waals surface area contributed by atoms with Gasteiger partial charge in [0.15, 0.2) is 0 Å². The van der Waals surface area contributed by atoms with Gasteiger partial charge in [-0.1, -0.05) is 6.42 Å². The van der Waals surface area contributed by atoms with E-state index in [2.05, 4.69) is 19.7 Å². The Balaban J connectivity index is 1.32. The van der Waals surface area contributed by atoms with E-state index in [4.69, 9.17) is 4.74 Å². The predicted octanol–water partition coefficient (Wildman–Crippen LogP) is 0.828. The van der Waals surface area contributed by atoms with Crippen molar-refractivity contribution in [3.63, 3.8) is 0 Å². The van der Waals surface area contributed by atoms with Crippen LogP contribution in [0.25, 0.3) is 0 Å². The summed E-state index contributed by atoms with van der Waals surface area (Å²) in [6.45, 7) is 6.01. The third-order valence-electron chi connectivity index (χ3n) is 5.44. The Hall–Kier alpha value is -1.47. The summed E-state index contributed by atoms with van der Waals surface area (Å²) in [5, 5.41) is 8.80. The number of rotatable bonds is 3. The highest BCUT2D eigenvalue weighted by molar-refractivity contribution is 5.81. The first kappa shape index (κ1) is 16.0. The van der Waals surface area contributed by atoms with Crippen molar-refractivity contribution in [3.05, 3.63) is 11.6 Å². The third-order valence-corrected chi connectivity index (χ3v) is 5.44. The normalized spacial score (nSPS) is 25.5. The zero-order valence-electron chi connectivity index (χ0n) is 14.3. The van der Waals surface area contributed by atoms with E-state index in [9.17, 15) is 4.79 Å². The van der Waals surface area contributed by atoms with Crippen molar-refractivity contribution in [1.29, 1.82) is 0 Å². The maximum absolute atomic E-state index is 12.4. The molecule has 0 aromatic carbocycles. The molecule has 7 nitrogen and oxygen atoms in total. The summed E-state index contributed by atoms with van der Waals surface area (Å²) >= 11 is 0. The molecule has 4 rings (SSSR count). The number of fused-ring (bicyclic) bond motifs is 1. The van der Waals surface area contributed by atoms with Crippen LogP contribution in [0, 0.1) is 0 Å². The van der Waals surface area contributed by atoms with Crippen LogP contribution in [0.1, 0.15) is 43.8 Å². The monoisotopic (exact) mass is 333 g/mol. The van der Waals surface area contributed by atoms with E-state index in [1.54, 1.807) is 0 Å². The molecule has 0 unspecified atom stereocenters. The van der Waals surface area contributed by atoms with Gasteiger partial charge in [0.2, 0.25) is 0 Å². The second-order valence-electron chi connectivity index (χ2n) is 7.10. The van der Waals surface area contributed by atoms with Gasteiger partial charge in [0.05, 0.1) is 6.54 Å². The Bertz CT molecular complexity index is 574. The zero-order chi connectivity index (χ0) is 16.4. The number of hydrogen-bond acceptors (Lipinski definition) is 5. The van der Waals surface area contributed by atoms with Crippen molar-refractivity contribution < 1.29 is 9.53 Å². The van der Waals surface area contributed by atoms with Gasteiger partial charge >= 0.3 is 0 Å². The molecule has 24 heavy (non-hydrogen) atoms. The quantitative estimate of drug-likeness (QED) is 0.820. The van der Waals surface area contributed by atoms with Crippen molar-refractivity contribution in [2.75, 3.05) is 32.8 Å². The first-order chi connectivity index (χ1) is 11.8. The second kappa shape index (κ2) is 7.19. The van der Waals surface area contributed by atoms with Crippen LogP contribution in [-0.2, 0) is 29.0 Å². The number of carbonyl (C=O) groups is 1. The Morgan fingerprint density at radius 3 is 2.71 bits per heavy atom. The smallest absolute Gasteiger partial charge is 0.251 e. The minimum atomic E-state index is -0.191. The molecule has 0 N–H and O–H groups in total. The van der Waals surface area contributed by atoms with Crippen LogP contribution < -0.4 is 0 Å². The molecule has 4 heterocycles. The molecule has 0 bridgehead atoms. The molecule has 132 valence electrons. The molecule has 0 spiro atoms. The van der Waals surface area contributed by atoms with E-state index < -0.39 is 0 Å². The number of piperazine rings is 1. The van der Waals surface area contributed by atoms with E-state index in [1.807, 2.05) is 4.90 Å². The van der Waals surface area contributed by atoms with Gasteiger partial charge in [-0.3, -0.25) is 9.69 Å². The van der Waals surface area contributed by atoms with Gasteiger partial charge in [0.1, 0.15) is 17.8 Å². The first-order valence-corrected chi connectivity index (χ1v) is 9.35. The van der Waals surface area contributed by atoms with Gasteiger partial charge in [0, 0.05) is 45.8 Å². The first-order valence-electron chi connectivity index (χ1n) is 9.35. The van der Waals surface area contributed by atoms with Gasteiger partial charge < -0.3 is 14.2 Å². The summed E-state index contributed by atoms with van der Waals surface area (Å²) in [5.41, 5.74) is 0. The summed E-state index contributed by atoms with van der Waals surface area (Å²) < 4.78 is 7.84. The Kier molecular flexibility index (Phi) is 4.80. The van der Waals surface area contributed by atoms with Gasteiger partial charge in [-0.25, -0.2) is 0 Å². The maximum Gasteiger partial charge on any atom is 0.251 e. The number of carbonyl (C=O) groups excluding carboxylic acids is 1. The Morgan fingerprint density at radius 1 is 1.04 bits per heavy atom. The van der Waals surface area contributed by atoms with Crippen LogP contribution in [0.5, 0.6) is 0 Å². The predicted molar refractivity (Wildman–Crippen MR) is 88.4 cm³/mol. The molecule has 3 aliphatic rings. The Morgan fingerprint density at radius 2 is 1.92 bits per heavy atom. The average Bonchev–Trinajstić information content (AvgIpc) is 3.21. The molecule has 0 aliphatic carbocycles. The third kappa shape index (κ3) is 3.32. The van der Waals surface area contributed by atoms with Crippen LogP contribution in [0.3, 0.4) is 0 Å². The van der Waals surface area contributed by atoms with Gasteiger partial charge in [-0.15, -0.1) is 10.2 Å². The molecule has 1 aromatic rings. The summed E-state index contributed by atoms with van der Waals surface area (Å²) in [6.07, 6.45) is 6.48. The highest BCUT2D eigenvalue weighted by atomic mass is 16.5. The van der Waals surface area contributed by atoms with Gasteiger partial charge in [-0.05, 0) is 25.7 Å². The standard InChI is InChI=1S/C17H27N5O2/c23-17(14-5-4-12-24-14)21-10-8-20(9-11-21)13-16-19-18-15-6-2-1-3-7-22(15)16/h14H,1-13H2/t14-/m0/s1. The lowest BCUT2D eigenvalue weighted by atomic mass is 10.2. The summed E-state index contributed by atoms with van der Waals surface area (Å²) in [7, 11) is 0. The van der Waals surface area contributed by atoms with E-state index in [0.29, 0.717) is 0 Å². The fourth-order valence-corrected chi connectivity index (χ4v) is 3.96. The van der Waals surface area contributed by atoms with Crippen molar-refractivity contribution in [3.8, 4) is 0 Å². The highest BCUT2D eigenvalue weighted by Gasteiger charge is 2.30. The van der Waals surface area contributed by atoms with Crippen LogP contribution in [0.2, 0.25) is 0 Å². The SMILES string of the molecule is O=C([C@@H]1CCCO1)N1CCN(Cc2nnc3n2CCCCC3)CC1. The van der Waals surface area contributed by atoms with E-state index >= 15 is 0 Å². The van der Waals surface area contributed by atoms with E-state index in [0.717, 1.165) is 76.8 Å². The number of ether oxygens (including phenoxy) is 1. The molecular formula is C17H27N5O2. The van der Waals surface area contributed by atoms with E-state index in [-0.39, 0.29) is 12.0 Å². The lowest BCUT2D eigenvalue weighted by Gasteiger charge is -2.35. The van der Waals surface area contributed by atoms with Crippen LogP contribution in [0.4, 0.5) is 0 Å².